The van der Waals surface area contributed by atoms with E-state index in [9.17, 15) is 4.79 Å². The average Bonchev–Trinajstić information content (AvgIpc) is 3.41. The van der Waals surface area contributed by atoms with Gasteiger partial charge in [0, 0.05) is 11.3 Å². The highest BCUT2D eigenvalue weighted by atomic mass is 16.5. The van der Waals surface area contributed by atoms with Crippen LogP contribution in [-0.4, -0.2) is 28.5 Å². The molecule has 1 N–H and O–H groups in total. The number of hydrazone groups is 1. The van der Waals surface area contributed by atoms with Crippen molar-refractivity contribution < 1.29 is 9.53 Å². The molecule has 0 aliphatic heterocycles. The van der Waals surface area contributed by atoms with E-state index in [1.165, 1.54) is 12.8 Å². The summed E-state index contributed by atoms with van der Waals surface area (Å²) in [5.74, 6) is 0.569. The molecule has 0 bridgehead atoms. The summed E-state index contributed by atoms with van der Waals surface area (Å²) >= 11 is 0. The van der Waals surface area contributed by atoms with Gasteiger partial charge in [0.25, 0.3) is 5.91 Å². The van der Waals surface area contributed by atoms with Crippen LogP contribution < -0.4 is 10.2 Å². The molecular formula is C25H28N4O2. The maximum absolute atomic E-state index is 12.7. The van der Waals surface area contributed by atoms with Crippen LogP contribution in [-0.2, 0) is 12.8 Å². The molecule has 160 valence electrons. The number of benzene rings is 2. The molecule has 0 unspecified atom stereocenters. The maximum atomic E-state index is 12.7. The number of hydrogen-bond donors (Lipinski definition) is 1. The van der Waals surface area contributed by atoms with Gasteiger partial charge in [-0.3, -0.25) is 4.79 Å². The summed E-state index contributed by atoms with van der Waals surface area (Å²) in [5, 5.41) is 8.72. The van der Waals surface area contributed by atoms with Crippen molar-refractivity contribution in [2.24, 2.45) is 5.10 Å². The van der Waals surface area contributed by atoms with Crippen LogP contribution in [0.1, 0.15) is 59.9 Å². The summed E-state index contributed by atoms with van der Waals surface area (Å²) in [6.45, 7) is 2.91. The zero-order valence-electron chi connectivity index (χ0n) is 17.9. The smallest absolute Gasteiger partial charge is 0.292 e. The van der Waals surface area contributed by atoms with Gasteiger partial charge in [-0.15, -0.1) is 0 Å². The van der Waals surface area contributed by atoms with Crippen LogP contribution in [0.2, 0.25) is 0 Å². The molecule has 1 aliphatic carbocycles. The van der Waals surface area contributed by atoms with Crippen molar-refractivity contribution in [1.82, 2.24) is 15.2 Å². The predicted molar refractivity (Wildman–Crippen MR) is 122 cm³/mol. The highest BCUT2D eigenvalue weighted by Crippen LogP contribution is 2.27. The third kappa shape index (κ3) is 5.02. The van der Waals surface area contributed by atoms with E-state index in [2.05, 4.69) is 22.5 Å². The number of hydrogen-bond acceptors (Lipinski definition) is 4. The van der Waals surface area contributed by atoms with Gasteiger partial charge in [-0.05, 0) is 67.6 Å². The Morgan fingerprint density at radius 2 is 1.94 bits per heavy atom. The van der Waals surface area contributed by atoms with Crippen LogP contribution in [0, 0.1) is 0 Å². The number of rotatable bonds is 9. The number of unbranched alkanes of at least 4 members (excludes halogenated alkanes) is 2. The van der Waals surface area contributed by atoms with Gasteiger partial charge in [0.1, 0.15) is 5.75 Å². The Morgan fingerprint density at radius 1 is 1.13 bits per heavy atom. The van der Waals surface area contributed by atoms with E-state index in [0.717, 1.165) is 60.5 Å². The maximum Gasteiger partial charge on any atom is 0.292 e. The van der Waals surface area contributed by atoms with Crippen molar-refractivity contribution in [3.8, 4) is 11.4 Å². The summed E-state index contributed by atoms with van der Waals surface area (Å²) in [6, 6.07) is 17.6. The molecule has 6 nitrogen and oxygen atoms in total. The lowest BCUT2D eigenvalue weighted by Gasteiger charge is -2.05. The standard InChI is InChI=1S/C25H28N4O2/c1-2-3-7-17-31-21-15-13-19(14-16-21)18-26-27-25(30)24-22-11-8-12-23(22)29(28-24)20-9-5-4-6-10-20/h4-6,9-10,13-16,18H,2-3,7-8,11-12,17H2,1H3,(H,27,30)/b26-18+. The Balaban J connectivity index is 1.39. The minimum atomic E-state index is -0.278. The molecule has 0 saturated heterocycles. The van der Waals surface area contributed by atoms with Gasteiger partial charge >= 0.3 is 0 Å². The van der Waals surface area contributed by atoms with Gasteiger partial charge in [-0.1, -0.05) is 38.0 Å². The lowest BCUT2D eigenvalue weighted by atomic mass is 10.2. The number of carbonyl (C=O) groups is 1. The summed E-state index contributed by atoms with van der Waals surface area (Å²) in [7, 11) is 0. The van der Waals surface area contributed by atoms with E-state index in [1.54, 1.807) is 6.21 Å². The molecule has 1 aromatic heterocycles. The Morgan fingerprint density at radius 3 is 2.71 bits per heavy atom. The largest absolute Gasteiger partial charge is 0.494 e. The van der Waals surface area contributed by atoms with Gasteiger partial charge in [0.05, 0.1) is 18.5 Å². The van der Waals surface area contributed by atoms with E-state index in [-0.39, 0.29) is 5.91 Å². The molecule has 0 atom stereocenters. The van der Waals surface area contributed by atoms with Crippen molar-refractivity contribution in [1.29, 1.82) is 0 Å². The van der Waals surface area contributed by atoms with Crippen molar-refractivity contribution in [2.75, 3.05) is 6.61 Å². The fourth-order valence-electron chi connectivity index (χ4n) is 3.81. The molecule has 0 radical (unpaired) electrons. The molecule has 4 rings (SSSR count). The predicted octanol–water partition coefficient (Wildman–Crippen LogP) is 4.69. The average molecular weight is 417 g/mol. The number of ether oxygens (including phenoxy) is 1. The summed E-state index contributed by atoms with van der Waals surface area (Å²) < 4.78 is 7.61. The molecule has 0 fully saturated rings. The summed E-state index contributed by atoms with van der Waals surface area (Å²) in [5.41, 5.74) is 7.10. The number of nitrogens with one attached hydrogen (secondary N) is 1. The zero-order chi connectivity index (χ0) is 21.5. The summed E-state index contributed by atoms with van der Waals surface area (Å²) in [4.78, 5) is 12.7. The first-order valence-corrected chi connectivity index (χ1v) is 11.0. The molecule has 1 amide bonds. The van der Waals surface area contributed by atoms with Crippen molar-refractivity contribution in [2.45, 2.75) is 45.4 Å². The molecule has 3 aromatic rings. The molecular weight excluding hydrogens is 388 g/mol. The third-order valence-electron chi connectivity index (χ3n) is 5.42. The normalized spacial score (nSPS) is 12.8. The Bertz CT molecular complexity index is 1040. The highest BCUT2D eigenvalue weighted by Gasteiger charge is 2.26. The van der Waals surface area contributed by atoms with Crippen molar-refractivity contribution in [3.05, 3.63) is 77.1 Å². The first-order valence-electron chi connectivity index (χ1n) is 11.0. The van der Waals surface area contributed by atoms with Gasteiger partial charge in [0.2, 0.25) is 0 Å². The number of aromatic nitrogens is 2. The van der Waals surface area contributed by atoms with E-state index >= 15 is 0 Å². The second kappa shape index (κ2) is 10.1. The molecule has 1 heterocycles. The SMILES string of the molecule is CCCCCOc1ccc(/C=N/NC(=O)c2nn(-c3ccccc3)c3c2CCC3)cc1. The Kier molecular flexibility index (Phi) is 6.77. The van der Waals surface area contributed by atoms with Crippen molar-refractivity contribution >= 4 is 12.1 Å². The third-order valence-corrected chi connectivity index (χ3v) is 5.42. The zero-order valence-corrected chi connectivity index (χ0v) is 17.9. The number of fused-ring (bicyclic) bond motifs is 1. The molecule has 1 aliphatic rings. The monoisotopic (exact) mass is 416 g/mol. The van der Waals surface area contributed by atoms with Crippen LogP contribution in [0.5, 0.6) is 5.75 Å². The van der Waals surface area contributed by atoms with Crippen LogP contribution >= 0.6 is 0 Å². The van der Waals surface area contributed by atoms with Crippen LogP contribution in [0.25, 0.3) is 5.69 Å². The molecule has 0 spiro atoms. The first kappa shape index (κ1) is 20.8. The summed E-state index contributed by atoms with van der Waals surface area (Å²) in [6.07, 6.45) is 7.89. The highest BCUT2D eigenvalue weighted by molar-refractivity contribution is 5.95. The Hall–Kier alpha value is -3.41. The molecule has 2 aromatic carbocycles. The first-order chi connectivity index (χ1) is 15.3. The number of carbonyl (C=O) groups excluding carboxylic acids is 1. The number of amides is 1. The van der Waals surface area contributed by atoms with Gasteiger partial charge in [-0.25, -0.2) is 10.1 Å². The van der Waals surface area contributed by atoms with Crippen molar-refractivity contribution in [3.63, 3.8) is 0 Å². The Labute approximate surface area is 182 Å². The molecule has 31 heavy (non-hydrogen) atoms. The van der Waals surface area contributed by atoms with E-state index in [1.807, 2.05) is 59.3 Å². The van der Waals surface area contributed by atoms with E-state index in [4.69, 9.17) is 4.74 Å². The number of nitrogens with zero attached hydrogens (tertiary/aromatic N) is 3. The molecule has 6 heteroatoms. The minimum Gasteiger partial charge on any atom is -0.494 e. The second-order valence-corrected chi connectivity index (χ2v) is 7.70. The van der Waals surface area contributed by atoms with E-state index in [0.29, 0.717) is 5.69 Å². The lowest BCUT2D eigenvalue weighted by Crippen LogP contribution is -2.20. The van der Waals surface area contributed by atoms with Crippen LogP contribution in [0.4, 0.5) is 0 Å². The van der Waals surface area contributed by atoms with Crippen LogP contribution in [0.15, 0.2) is 59.7 Å². The second-order valence-electron chi connectivity index (χ2n) is 7.70. The quantitative estimate of drug-likeness (QED) is 0.312. The lowest BCUT2D eigenvalue weighted by molar-refractivity contribution is 0.0949. The topological polar surface area (TPSA) is 68.5 Å². The van der Waals surface area contributed by atoms with Gasteiger partial charge in [0.15, 0.2) is 5.69 Å². The van der Waals surface area contributed by atoms with Crippen LogP contribution in [0.3, 0.4) is 0 Å². The fourth-order valence-corrected chi connectivity index (χ4v) is 3.81. The van der Waals surface area contributed by atoms with Gasteiger partial charge in [-0.2, -0.15) is 10.2 Å². The minimum absolute atomic E-state index is 0.278. The van der Waals surface area contributed by atoms with E-state index < -0.39 is 0 Å². The molecule has 0 saturated carbocycles. The fraction of sp³-hybridized carbons (Fsp3) is 0.320. The van der Waals surface area contributed by atoms with Gasteiger partial charge < -0.3 is 4.74 Å². The number of para-hydroxylation sites is 1.